The Hall–Kier alpha value is -3.15. The fourth-order valence-electron chi connectivity index (χ4n) is 2.32. The van der Waals surface area contributed by atoms with Gasteiger partial charge in [-0.1, -0.05) is 12.1 Å². The van der Waals surface area contributed by atoms with Gasteiger partial charge in [-0.3, -0.25) is 9.59 Å². The van der Waals surface area contributed by atoms with E-state index >= 15 is 0 Å². The van der Waals surface area contributed by atoms with Crippen molar-refractivity contribution < 1.29 is 9.59 Å². The molecule has 25 heavy (non-hydrogen) atoms. The molecule has 3 rings (SSSR count). The molecular formula is C19H20N4O2. The Morgan fingerprint density at radius 2 is 1.80 bits per heavy atom. The smallest absolute Gasteiger partial charge is 0.271 e. The Morgan fingerprint density at radius 3 is 2.44 bits per heavy atom. The number of amides is 2. The molecule has 1 saturated carbocycles. The van der Waals surface area contributed by atoms with Crippen LogP contribution in [-0.4, -0.2) is 17.5 Å². The number of nitrogens with two attached hydrogens (primary N) is 1. The summed E-state index contributed by atoms with van der Waals surface area (Å²) >= 11 is 0. The number of nitrogens with one attached hydrogen (secondary N) is 2. The van der Waals surface area contributed by atoms with Crippen LogP contribution in [0.25, 0.3) is 0 Å². The quantitative estimate of drug-likeness (QED) is 0.445. The first-order chi connectivity index (χ1) is 12.0. The molecule has 4 N–H and O–H groups in total. The van der Waals surface area contributed by atoms with Gasteiger partial charge in [-0.25, -0.2) is 5.43 Å². The van der Waals surface area contributed by atoms with Crippen LogP contribution in [0.4, 0.5) is 11.4 Å². The van der Waals surface area contributed by atoms with Crippen LogP contribution in [0, 0.1) is 5.92 Å². The number of anilines is 2. The van der Waals surface area contributed by atoms with Crippen LogP contribution in [0.15, 0.2) is 53.6 Å². The number of carbonyl (C=O) groups excluding carboxylic acids is 2. The van der Waals surface area contributed by atoms with E-state index in [-0.39, 0.29) is 17.7 Å². The number of hydrazone groups is 1. The Balaban J connectivity index is 1.60. The van der Waals surface area contributed by atoms with Crippen molar-refractivity contribution in [3.05, 3.63) is 59.7 Å². The summed E-state index contributed by atoms with van der Waals surface area (Å²) in [6.45, 7) is 1.80. The third-order valence-electron chi connectivity index (χ3n) is 3.99. The summed E-state index contributed by atoms with van der Waals surface area (Å²) in [4.78, 5) is 23.9. The van der Waals surface area contributed by atoms with Gasteiger partial charge in [0.2, 0.25) is 5.91 Å². The zero-order chi connectivity index (χ0) is 17.8. The number of carbonyl (C=O) groups is 2. The first-order valence-electron chi connectivity index (χ1n) is 8.14. The van der Waals surface area contributed by atoms with Gasteiger partial charge < -0.3 is 11.1 Å². The molecule has 6 heteroatoms. The SMILES string of the molecule is C/C(=N\NC(=O)c1ccc(NC(=O)C2CC2)cc1)c1cccc(N)c1. The van der Waals surface area contributed by atoms with Crippen molar-refractivity contribution in [3.63, 3.8) is 0 Å². The second-order valence-corrected chi connectivity index (χ2v) is 6.10. The van der Waals surface area contributed by atoms with Crippen molar-refractivity contribution >= 4 is 28.9 Å². The standard InChI is InChI=1S/C19H20N4O2/c1-12(15-3-2-4-16(20)11-15)22-23-19(25)14-7-9-17(10-8-14)21-18(24)13-5-6-13/h2-4,7-11,13H,5-6,20H2,1H3,(H,21,24)(H,23,25)/b22-12+. The topological polar surface area (TPSA) is 96.6 Å². The van der Waals surface area contributed by atoms with Crippen LogP contribution in [0.3, 0.4) is 0 Å². The number of nitrogens with zero attached hydrogens (tertiary/aromatic N) is 1. The van der Waals surface area contributed by atoms with E-state index in [4.69, 9.17) is 5.73 Å². The van der Waals surface area contributed by atoms with E-state index in [2.05, 4.69) is 15.8 Å². The lowest BCUT2D eigenvalue weighted by Crippen LogP contribution is -2.19. The van der Waals surface area contributed by atoms with Gasteiger partial charge in [0.25, 0.3) is 5.91 Å². The van der Waals surface area contributed by atoms with Crippen molar-refractivity contribution in [2.24, 2.45) is 11.0 Å². The second kappa shape index (κ2) is 7.17. The molecule has 0 aromatic heterocycles. The monoisotopic (exact) mass is 336 g/mol. The summed E-state index contributed by atoms with van der Waals surface area (Å²) in [5.74, 6) is -0.129. The molecule has 0 saturated heterocycles. The van der Waals surface area contributed by atoms with Crippen LogP contribution < -0.4 is 16.5 Å². The van der Waals surface area contributed by atoms with Gasteiger partial charge in [0.15, 0.2) is 0 Å². The Morgan fingerprint density at radius 1 is 1.08 bits per heavy atom. The van der Waals surface area contributed by atoms with Crippen LogP contribution in [0.1, 0.15) is 35.7 Å². The zero-order valence-corrected chi connectivity index (χ0v) is 14.0. The van der Waals surface area contributed by atoms with E-state index < -0.39 is 0 Å². The molecule has 0 heterocycles. The van der Waals surface area contributed by atoms with Crippen molar-refractivity contribution in [1.29, 1.82) is 0 Å². The maximum Gasteiger partial charge on any atom is 0.271 e. The van der Waals surface area contributed by atoms with Gasteiger partial charge in [-0.2, -0.15) is 5.10 Å². The molecule has 1 aliphatic carbocycles. The van der Waals surface area contributed by atoms with Crippen LogP contribution in [0.2, 0.25) is 0 Å². The van der Waals surface area contributed by atoms with E-state index in [1.165, 1.54) is 0 Å². The molecule has 0 unspecified atom stereocenters. The number of rotatable bonds is 5. The highest BCUT2D eigenvalue weighted by atomic mass is 16.2. The molecule has 0 spiro atoms. The van der Waals surface area contributed by atoms with Gasteiger partial charge in [-0.05, 0) is 61.7 Å². The van der Waals surface area contributed by atoms with Crippen LogP contribution in [0.5, 0.6) is 0 Å². The molecule has 0 aliphatic heterocycles. The Kier molecular flexibility index (Phi) is 4.79. The predicted octanol–water partition coefficient (Wildman–Crippen LogP) is 2.77. The summed E-state index contributed by atoms with van der Waals surface area (Å²) in [5, 5.41) is 6.94. The molecule has 6 nitrogen and oxygen atoms in total. The zero-order valence-electron chi connectivity index (χ0n) is 14.0. The lowest BCUT2D eigenvalue weighted by Gasteiger charge is -2.06. The Labute approximate surface area is 146 Å². The first-order valence-corrected chi connectivity index (χ1v) is 8.14. The highest BCUT2D eigenvalue weighted by molar-refractivity contribution is 6.01. The van der Waals surface area contributed by atoms with Crippen molar-refractivity contribution in [1.82, 2.24) is 5.43 Å². The third-order valence-corrected chi connectivity index (χ3v) is 3.99. The molecule has 1 aliphatic rings. The van der Waals surface area contributed by atoms with Crippen molar-refractivity contribution in [3.8, 4) is 0 Å². The lowest BCUT2D eigenvalue weighted by atomic mass is 10.1. The summed E-state index contributed by atoms with van der Waals surface area (Å²) in [7, 11) is 0. The minimum absolute atomic E-state index is 0.0413. The fraction of sp³-hybridized carbons (Fsp3) is 0.211. The minimum atomic E-state index is -0.316. The van der Waals surface area contributed by atoms with E-state index in [9.17, 15) is 9.59 Å². The van der Waals surface area contributed by atoms with Crippen LogP contribution in [-0.2, 0) is 4.79 Å². The third kappa shape index (κ3) is 4.44. The highest BCUT2D eigenvalue weighted by Crippen LogP contribution is 2.30. The molecule has 2 amide bonds. The predicted molar refractivity (Wildman–Crippen MR) is 98.3 cm³/mol. The van der Waals surface area contributed by atoms with Crippen LogP contribution >= 0.6 is 0 Å². The summed E-state index contributed by atoms with van der Waals surface area (Å²) in [5.41, 5.74) is 11.6. The molecule has 0 radical (unpaired) electrons. The maximum atomic E-state index is 12.2. The molecule has 128 valence electrons. The van der Waals surface area contributed by atoms with E-state index in [0.29, 0.717) is 22.6 Å². The average molecular weight is 336 g/mol. The maximum absolute atomic E-state index is 12.2. The normalized spacial score (nSPS) is 14.0. The number of nitrogen functional groups attached to an aromatic ring is 1. The largest absolute Gasteiger partial charge is 0.399 e. The highest BCUT2D eigenvalue weighted by Gasteiger charge is 2.29. The summed E-state index contributed by atoms with van der Waals surface area (Å²) in [6.07, 6.45) is 1.91. The molecule has 0 atom stereocenters. The van der Waals surface area contributed by atoms with Gasteiger partial charge in [-0.15, -0.1) is 0 Å². The molecule has 0 bridgehead atoms. The second-order valence-electron chi connectivity index (χ2n) is 6.10. The number of benzene rings is 2. The van der Waals surface area contributed by atoms with Gasteiger partial charge in [0.1, 0.15) is 0 Å². The molecular weight excluding hydrogens is 316 g/mol. The molecule has 1 fully saturated rings. The fourth-order valence-corrected chi connectivity index (χ4v) is 2.32. The van der Waals surface area contributed by atoms with Gasteiger partial charge in [0, 0.05) is 22.9 Å². The minimum Gasteiger partial charge on any atom is -0.399 e. The lowest BCUT2D eigenvalue weighted by molar-refractivity contribution is -0.117. The van der Waals surface area contributed by atoms with Gasteiger partial charge in [0.05, 0.1) is 5.71 Å². The van der Waals surface area contributed by atoms with Crippen molar-refractivity contribution in [2.75, 3.05) is 11.1 Å². The number of hydrogen-bond donors (Lipinski definition) is 3. The first kappa shape index (κ1) is 16.7. The van der Waals surface area contributed by atoms with Gasteiger partial charge >= 0.3 is 0 Å². The molecule has 2 aromatic rings. The molecule has 2 aromatic carbocycles. The van der Waals surface area contributed by atoms with E-state index in [1.54, 1.807) is 43.3 Å². The Bertz CT molecular complexity index is 824. The van der Waals surface area contributed by atoms with Crippen molar-refractivity contribution in [2.45, 2.75) is 19.8 Å². The van der Waals surface area contributed by atoms with E-state index in [0.717, 1.165) is 18.4 Å². The average Bonchev–Trinajstić information content (AvgIpc) is 3.45. The number of hydrogen-bond acceptors (Lipinski definition) is 4. The summed E-state index contributed by atoms with van der Waals surface area (Å²) < 4.78 is 0. The van der Waals surface area contributed by atoms with E-state index in [1.807, 2.05) is 12.1 Å². The summed E-state index contributed by atoms with van der Waals surface area (Å²) in [6, 6.07) is 14.0.